The number of carbonyl (C=O) groups excluding carboxylic acids is 4. The van der Waals surface area contributed by atoms with Gasteiger partial charge in [-0.15, -0.1) is 0 Å². The lowest BCUT2D eigenvalue weighted by Crippen LogP contribution is -2.51. The van der Waals surface area contributed by atoms with E-state index in [1.807, 2.05) is 49.8 Å². The van der Waals surface area contributed by atoms with E-state index < -0.39 is 24.3 Å². The van der Waals surface area contributed by atoms with Gasteiger partial charge < -0.3 is 39.9 Å². The summed E-state index contributed by atoms with van der Waals surface area (Å²) in [7, 11) is 2.59. The molecule has 2 saturated heterocycles. The fraction of sp³-hybridized carbons (Fsp3) is 0.442. The van der Waals surface area contributed by atoms with Crippen LogP contribution in [0.5, 0.6) is 0 Å². The number of ether oxygens (including phenoxy) is 2. The molecule has 2 fully saturated rings. The van der Waals surface area contributed by atoms with Crippen LogP contribution < -0.4 is 10.6 Å². The number of rotatable bonds is 11. The Hall–Kier alpha value is -5.92. The Morgan fingerprint density at radius 1 is 0.754 bits per heavy atom. The lowest BCUT2D eigenvalue weighted by molar-refractivity contribution is -0.136. The molecule has 57 heavy (non-hydrogen) atoms. The van der Waals surface area contributed by atoms with E-state index in [-0.39, 0.29) is 35.7 Å². The largest absolute Gasteiger partial charge is 0.453 e. The van der Waals surface area contributed by atoms with Crippen LogP contribution >= 0.6 is 0 Å². The van der Waals surface area contributed by atoms with Crippen molar-refractivity contribution in [3.63, 3.8) is 0 Å². The van der Waals surface area contributed by atoms with E-state index in [4.69, 9.17) is 19.4 Å². The highest BCUT2D eigenvalue weighted by molar-refractivity contribution is 5.92. The molecule has 4 amide bonds. The molecule has 14 heteroatoms. The van der Waals surface area contributed by atoms with Crippen molar-refractivity contribution in [2.75, 3.05) is 27.3 Å². The number of fused-ring (bicyclic) bond motifs is 2. The van der Waals surface area contributed by atoms with Gasteiger partial charge in [0.05, 0.1) is 49.2 Å². The highest BCUT2D eigenvalue weighted by Gasteiger charge is 2.39. The minimum absolute atomic E-state index is 0.0579. The van der Waals surface area contributed by atoms with Crippen LogP contribution in [-0.2, 0) is 19.1 Å². The van der Waals surface area contributed by atoms with Gasteiger partial charge >= 0.3 is 12.2 Å². The first kappa shape index (κ1) is 39.3. The molecule has 0 spiro atoms. The van der Waals surface area contributed by atoms with Crippen LogP contribution in [0, 0.1) is 11.8 Å². The van der Waals surface area contributed by atoms with Crippen molar-refractivity contribution in [2.45, 2.75) is 84.0 Å². The normalized spacial score (nSPS) is 18.5. The Morgan fingerprint density at radius 3 is 1.95 bits per heavy atom. The zero-order valence-corrected chi connectivity index (χ0v) is 33.4. The predicted molar refractivity (Wildman–Crippen MR) is 217 cm³/mol. The van der Waals surface area contributed by atoms with Crippen molar-refractivity contribution >= 4 is 45.8 Å². The summed E-state index contributed by atoms with van der Waals surface area (Å²) >= 11 is 0. The summed E-state index contributed by atoms with van der Waals surface area (Å²) < 4.78 is 9.58. The molecule has 0 unspecified atom stereocenters. The minimum Gasteiger partial charge on any atom is -0.453 e. The van der Waals surface area contributed by atoms with Gasteiger partial charge in [-0.05, 0) is 83.7 Å². The van der Waals surface area contributed by atoms with Gasteiger partial charge in [0.15, 0.2) is 0 Å². The molecule has 3 aromatic carbocycles. The Balaban J connectivity index is 1.07. The van der Waals surface area contributed by atoms with Crippen LogP contribution in [0.4, 0.5) is 9.59 Å². The molecule has 0 radical (unpaired) electrons. The number of imidazole rings is 2. The van der Waals surface area contributed by atoms with Crippen LogP contribution in [0.3, 0.4) is 0 Å². The molecule has 2 aromatic heterocycles. The van der Waals surface area contributed by atoms with Crippen molar-refractivity contribution in [1.29, 1.82) is 0 Å². The third-order valence-corrected chi connectivity index (χ3v) is 11.6. The number of alkyl carbamates (subject to hydrolysis) is 2. The SMILES string of the molecule is CC[C@@H](C)[C@H](NC(=O)OC)C(=O)N1CCC[C@H]1c1nc2ccc(-c3ccc4cc(-c5cnc([C@@H]6CCCN6C(=O)[C@@H](NC(=O)OC)C(C)C)[nH]5)ccc4c3)cc2[nH]1. The van der Waals surface area contributed by atoms with E-state index in [0.29, 0.717) is 13.1 Å². The Morgan fingerprint density at radius 2 is 1.32 bits per heavy atom. The second-order valence-electron chi connectivity index (χ2n) is 15.5. The summed E-state index contributed by atoms with van der Waals surface area (Å²) in [5, 5.41) is 7.62. The van der Waals surface area contributed by atoms with Gasteiger partial charge in [-0.2, -0.15) is 0 Å². The van der Waals surface area contributed by atoms with E-state index in [9.17, 15) is 19.2 Å². The van der Waals surface area contributed by atoms with Crippen molar-refractivity contribution in [3.8, 4) is 22.4 Å². The molecule has 5 aromatic rings. The van der Waals surface area contributed by atoms with Gasteiger partial charge in [-0.25, -0.2) is 19.6 Å². The number of likely N-dealkylation sites (tertiary alicyclic amines) is 2. The molecule has 14 nitrogen and oxygen atoms in total. The fourth-order valence-electron chi connectivity index (χ4n) is 8.17. The monoisotopic (exact) mass is 776 g/mol. The lowest BCUT2D eigenvalue weighted by atomic mass is 9.97. The van der Waals surface area contributed by atoms with E-state index in [0.717, 1.165) is 87.9 Å². The molecule has 0 aliphatic carbocycles. The maximum atomic E-state index is 13.8. The molecular weight excluding hydrogens is 725 g/mol. The maximum absolute atomic E-state index is 13.8. The third kappa shape index (κ3) is 8.03. The molecular formula is C43H52N8O6. The van der Waals surface area contributed by atoms with Crippen molar-refractivity contribution in [3.05, 3.63) is 72.4 Å². The summed E-state index contributed by atoms with van der Waals surface area (Å²) in [5.41, 5.74) is 5.66. The number of hydrogen-bond donors (Lipinski definition) is 4. The second-order valence-corrected chi connectivity index (χ2v) is 15.5. The van der Waals surface area contributed by atoms with Crippen LogP contribution in [0.25, 0.3) is 44.2 Å². The number of methoxy groups -OCH3 is 2. The molecule has 2 aliphatic rings. The highest BCUT2D eigenvalue weighted by atomic mass is 16.5. The molecule has 5 atom stereocenters. The van der Waals surface area contributed by atoms with E-state index in [1.54, 1.807) is 0 Å². The minimum atomic E-state index is -0.691. The maximum Gasteiger partial charge on any atom is 0.407 e. The number of aromatic nitrogens is 4. The average molecular weight is 777 g/mol. The number of H-pyrrole nitrogens is 2. The first-order valence-electron chi connectivity index (χ1n) is 19.9. The van der Waals surface area contributed by atoms with E-state index >= 15 is 0 Å². The number of nitrogens with one attached hydrogen (secondary N) is 4. The second kappa shape index (κ2) is 16.7. The molecule has 0 saturated carbocycles. The van der Waals surface area contributed by atoms with Crippen molar-refractivity contribution in [2.24, 2.45) is 11.8 Å². The van der Waals surface area contributed by atoms with Crippen molar-refractivity contribution in [1.82, 2.24) is 40.4 Å². The van der Waals surface area contributed by atoms with Gasteiger partial charge in [0.25, 0.3) is 0 Å². The Labute approximate surface area is 332 Å². The summed E-state index contributed by atoms with van der Waals surface area (Å²) in [6.07, 6.45) is 4.57. The smallest absolute Gasteiger partial charge is 0.407 e. The summed E-state index contributed by atoms with van der Waals surface area (Å²) in [6.45, 7) is 8.95. The zero-order valence-electron chi connectivity index (χ0n) is 33.4. The highest BCUT2D eigenvalue weighted by Crippen LogP contribution is 2.36. The van der Waals surface area contributed by atoms with Crippen molar-refractivity contribution < 1.29 is 28.7 Å². The van der Waals surface area contributed by atoms with Crippen LogP contribution in [0.2, 0.25) is 0 Å². The van der Waals surface area contributed by atoms with E-state index in [2.05, 4.69) is 69.1 Å². The Bertz CT molecular complexity index is 2280. The molecule has 0 bridgehead atoms. The van der Waals surface area contributed by atoms with Gasteiger partial charge in [0.1, 0.15) is 23.7 Å². The third-order valence-electron chi connectivity index (χ3n) is 11.6. The number of carbonyl (C=O) groups is 4. The standard InChI is InChI=1S/C43H52N8O6/c1-7-25(4)37(49-43(55)57-6)41(53)51-19-9-11-35(51)39-45-31-17-16-29(22-32(31)46-39)27-12-13-28-21-30(15-14-26(28)20-27)33-23-44-38(47-33)34-10-8-18-50(34)40(52)36(24(2)3)48-42(54)56-5/h12-17,20-25,34-37H,7-11,18-19H2,1-6H3,(H,44,47)(H,45,46)(H,48,54)(H,49,55)/t25-,34+,35+,36+,37+/m1/s1. The predicted octanol–water partition coefficient (Wildman–Crippen LogP) is 7.25. The quantitative estimate of drug-likeness (QED) is 0.109. The fourth-order valence-corrected chi connectivity index (χ4v) is 8.17. The lowest BCUT2D eigenvalue weighted by Gasteiger charge is -2.30. The zero-order chi connectivity index (χ0) is 40.4. The van der Waals surface area contributed by atoms with Gasteiger partial charge in [0.2, 0.25) is 11.8 Å². The molecule has 300 valence electrons. The summed E-state index contributed by atoms with van der Waals surface area (Å²) in [5.74, 6) is 1.04. The van der Waals surface area contributed by atoms with Crippen LogP contribution in [0.1, 0.15) is 83.5 Å². The van der Waals surface area contributed by atoms with Gasteiger partial charge in [0, 0.05) is 18.7 Å². The van der Waals surface area contributed by atoms with Gasteiger partial charge in [-0.1, -0.05) is 64.4 Å². The van der Waals surface area contributed by atoms with Crippen LogP contribution in [0.15, 0.2) is 60.8 Å². The number of aromatic amines is 2. The topological polar surface area (TPSA) is 175 Å². The molecule has 2 aliphatic heterocycles. The molecule has 4 N–H and O–H groups in total. The summed E-state index contributed by atoms with van der Waals surface area (Å²) in [6, 6.07) is 17.1. The number of amides is 4. The Kier molecular flexibility index (Phi) is 11.5. The van der Waals surface area contributed by atoms with Crippen LogP contribution in [-0.4, -0.2) is 93.1 Å². The first-order chi connectivity index (χ1) is 27.5. The average Bonchev–Trinajstić information content (AvgIpc) is 4.06. The number of nitrogens with zero attached hydrogens (tertiary/aromatic N) is 4. The molecule has 7 rings (SSSR count). The van der Waals surface area contributed by atoms with Gasteiger partial charge in [-0.3, -0.25) is 9.59 Å². The molecule has 4 heterocycles. The summed E-state index contributed by atoms with van der Waals surface area (Å²) in [4.78, 5) is 71.7. The van der Waals surface area contributed by atoms with E-state index in [1.165, 1.54) is 14.2 Å². The number of hydrogen-bond acceptors (Lipinski definition) is 8. The number of benzene rings is 3. The first-order valence-corrected chi connectivity index (χ1v) is 19.9.